The molecule has 2 aromatic rings. The highest BCUT2D eigenvalue weighted by atomic mass is 35.5. The van der Waals surface area contributed by atoms with Crippen molar-refractivity contribution in [2.45, 2.75) is 26.2 Å². The number of fused-ring (bicyclic) bond motifs is 1. The zero-order valence-electron chi connectivity index (χ0n) is 9.71. The lowest BCUT2D eigenvalue weighted by Crippen LogP contribution is -2.11. The Balaban J connectivity index is 2.75. The molecule has 0 atom stereocenters. The van der Waals surface area contributed by atoms with Crippen LogP contribution in [0.5, 0.6) is 0 Å². The second kappa shape index (κ2) is 3.63. The minimum atomic E-state index is 0.0344. The van der Waals surface area contributed by atoms with Gasteiger partial charge < -0.3 is 5.73 Å². The van der Waals surface area contributed by atoms with Gasteiger partial charge in [0.25, 0.3) is 0 Å². The summed E-state index contributed by atoms with van der Waals surface area (Å²) in [6.45, 7) is 6.43. The fraction of sp³-hybridized carbons (Fsp3) is 0.308. The number of pyridine rings is 1. The molecule has 0 bridgehead atoms. The van der Waals surface area contributed by atoms with Crippen molar-refractivity contribution >= 4 is 28.3 Å². The van der Waals surface area contributed by atoms with Gasteiger partial charge in [0.15, 0.2) is 0 Å². The Morgan fingerprint density at radius 1 is 1.12 bits per heavy atom. The molecule has 1 heterocycles. The standard InChI is InChI=1S/C13H15ClN2/c1-13(2,3)9-5-6-10-8(12(9)14)4-7-11(15)16-10/h4-7H,1-3H3,(H2,15,16). The van der Waals surface area contributed by atoms with Crippen LogP contribution in [-0.4, -0.2) is 4.98 Å². The zero-order chi connectivity index (χ0) is 11.9. The third-order valence-electron chi connectivity index (χ3n) is 2.64. The summed E-state index contributed by atoms with van der Waals surface area (Å²) in [5, 5.41) is 1.74. The van der Waals surface area contributed by atoms with Crippen LogP contribution in [0.1, 0.15) is 26.3 Å². The van der Waals surface area contributed by atoms with Gasteiger partial charge in [0.2, 0.25) is 0 Å². The van der Waals surface area contributed by atoms with E-state index in [9.17, 15) is 0 Å². The van der Waals surface area contributed by atoms with Crippen LogP contribution in [0.4, 0.5) is 5.82 Å². The van der Waals surface area contributed by atoms with Gasteiger partial charge in [-0.1, -0.05) is 38.4 Å². The van der Waals surface area contributed by atoms with E-state index in [1.165, 1.54) is 0 Å². The van der Waals surface area contributed by atoms with Crippen LogP contribution in [0.25, 0.3) is 10.9 Å². The number of nitrogen functional groups attached to an aromatic ring is 1. The molecule has 0 aliphatic rings. The fourth-order valence-corrected chi connectivity index (χ4v) is 2.27. The number of rotatable bonds is 0. The van der Waals surface area contributed by atoms with E-state index in [-0.39, 0.29) is 5.41 Å². The molecule has 1 aromatic heterocycles. The maximum absolute atomic E-state index is 6.40. The molecule has 0 aliphatic heterocycles. The molecule has 2 N–H and O–H groups in total. The van der Waals surface area contributed by atoms with Gasteiger partial charge in [-0.2, -0.15) is 0 Å². The average Bonchev–Trinajstić information content (AvgIpc) is 2.15. The Morgan fingerprint density at radius 3 is 2.44 bits per heavy atom. The Kier molecular flexibility index (Phi) is 2.55. The van der Waals surface area contributed by atoms with Gasteiger partial charge in [-0.25, -0.2) is 4.98 Å². The minimum Gasteiger partial charge on any atom is -0.384 e. The molecule has 0 saturated carbocycles. The second-order valence-corrected chi connectivity index (χ2v) is 5.36. The number of halogens is 1. The molecule has 0 saturated heterocycles. The van der Waals surface area contributed by atoms with Gasteiger partial charge in [-0.05, 0) is 29.2 Å². The Labute approximate surface area is 100 Å². The molecular weight excluding hydrogens is 220 g/mol. The summed E-state index contributed by atoms with van der Waals surface area (Å²) in [7, 11) is 0. The Morgan fingerprint density at radius 2 is 1.81 bits per heavy atom. The summed E-state index contributed by atoms with van der Waals surface area (Å²) in [5.41, 5.74) is 7.66. The quantitative estimate of drug-likeness (QED) is 0.754. The number of benzene rings is 1. The number of anilines is 1. The molecule has 16 heavy (non-hydrogen) atoms. The molecule has 0 amide bonds. The lowest BCUT2D eigenvalue weighted by Gasteiger charge is -2.21. The number of hydrogen-bond acceptors (Lipinski definition) is 2. The first-order valence-electron chi connectivity index (χ1n) is 5.25. The second-order valence-electron chi connectivity index (χ2n) is 4.98. The first kappa shape index (κ1) is 11.2. The van der Waals surface area contributed by atoms with Crippen LogP contribution in [0.3, 0.4) is 0 Å². The van der Waals surface area contributed by atoms with E-state index < -0.39 is 0 Å². The molecule has 0 aliphatic carbocycles. The SMILES string of the molecule is CC(C)(C)c1ccc2nc(N)ccc2c1Cl. The van der Waals surface area contributed by atoms with Crippen LogP contribution in [0.15, 0.2) is 24.3 Å². The van der Waals surface area contributed by atoms with Crippen LogP contribution < -0.4 is 5.73 Å². The highest BCUT2D eigenvalue weighted by Gasteiger charge is 2.18. The van der Waals surface area contributed by atoms with Crippen molar-refractivity contribution < 1.29 is 0 Å². The molecular formula is C13H15ClN2. The number of hydrogen-bond donors (Lipinski definition) is 1. The first-order valence-corrected chi connectivity index (χ1v) is 5.62. The predicted octanol–water partition coefficient (Wildman–Crippen LogP) is 3.77. The average molecular weight is 235 g/mol. The van der Waals surface area contributed by atoms with Gasteiger partial charge in [-0.15, -0.1) is 0 Å². The van der Waals surface area contributed by atoms with E-state index in [2.05, 4.69) is 25.8 Å². The van der Waals surface area contributed by atoms with Crippen molar-refractivity contribution in [2.24, 2.45) is 0 Å². The smallest absolute Gasteiger partial charge is 0.124 e. The summed E-state index contributed by atoms with van der Waals surface area (Å²) in [4.78, 5) is 4.25. The van der Waals surface area contributed by atoms with E-state index in [0.717, 1.165) is 21.5 Å². The van der Waals surface area contributed by atoms with E-state index in [1.54, 1.807) is 6.07 Å². The van der Waals surface area contributed by atoms with E-state index in [4.69, 9.17) is 17.3 Å². The molecule has 2 nitrogen and oxygen atoms in total. The largest absolute Gasteiger partial charge is 0.384 e. The summed E-state index contributed by atoms with van der Waals surface area (Å²) in [5.74, 6) is 0.520. The highest BCUT2D eigenvalue weighted by molar-refractivity contribution is 6.36. The van der Waals surface area contributed by atoms with Crippen molar-refractivity contribution in [3.8, 4) is 0 Å². The Bertz CT molecular complexity index is 541. The van der Waals surface area contributed by atoms with Gasteiger partial charge in [-0.3, -0.25) is 0 Å². The molecule has 84 valence electrons. The lowest BCUT2D eigenvalue weighted by atomic mass is 9.86. The van der Waals surface area contributed by atoms with Crippen molar-refractivity contribution in [1.82, 2.24) is 4.98 Å². The van der Waals surface area contributed by atoms with Crippen LogP contribution in [0, 0.1) is 0 Å². The van der Waals surface area contributed by atoms with Crippen LogP contribution in [0.2, 0.25) is 5.02 Å². The molecule has 3 heteroatoms. The first-order chi connectivity index (χ1) is 7.39. The molecule has 1 aromatic carbocycles. The molecule has 0 fully saturated rings. The van der Waals surface area contributed by atoms with Crippen molar-refractivity contribution in [3.63, 3.8) is 0 Å². The third kappa shape index (κ3) is 1.85. The zero-order valence-corrected chi connectivity index (χ0v) is 10.5. The predicted molar refractivity (Wildman–Crippen MR) is 69.9 cm³/mol. The van der Waals surface area contributed by atoms with E-state index in [0.29, 0.717) is 5.82 Å². The fourth-order valence-electron chi connectivity index (χ4n) is 1.76. The van der Waals surface area contributed by atoms with E-state index >= 15 is 0 Å². The summed E-state index contributed by atoms with van der Waals surface area (Å²) >= 11 is 6.40. The Hall–Kier alpha value is -1.28. The van der Waals surface area contributed by atoms with Gasteiger partial charge in [0, 0.05) is 5.39 Å². The van der Waals surface area contributed by atoms with Gasteiger partial charge >= 0.3 is 0 Å². The lowest BCUT2D eigenvalue weighted by molar-refractivity contribution is 0.591. The van der Waals surface area contributed by atoms with Crippen molar-refractivity contribution in [2.75, 3.05) is 5.73 Å². The summed E-state index contributed by atoms with van der Waals surface area (Å²) in [6.07, 6.45) is 0. The van der Waals surface area contributed by atoms with E-state index in [1.807, 2.05) is 18.2 Å². The number of nitrogens with zero attached hydrogens (tertiary/aromatic N) is 1. The maximum Gasteiger partial charge on any atom is 0.124 e. The number of aromatic nitrogens is 1. The minimum absolute atomic E-state index is 0.0344. The third-order valence-corrected chi connectivity index (χ3v) is 3.04. The van der Waals surface area contributed by atoms with Crippen LogP contribution >= 0.6 is 11.6 Å². The van der Waals surface area contributed by atoms with Crippen molar-refractivity contribution in [1.29, 1.82) is 0 Å². The van der Waals surface area contributed by atoms with Gasteiger partial charge in [0.1, 0.15) is 5.82 Å². The maximum atomic E-state index is 6.40. The topological polar surface area (TPSA) is 38.9 Å². The van der Waals surface area contributed by atoms with Crippen LogP contribution in [-0.2, 0) is 5.41 Å². The molecule has 0 unspecified atom stereocenters. The van der Waals surface area contributed by atoms with Gasteiger partial charge in [0.05, 0.1) is 10.5 Å². The normalized spacial score (nSPS) is 12.0. The molecule has 0 spiro atoms. The highest BCUT2D eigenvalue weighted by Crippen LogP contribution is 2.34. The summed E-state index contributed by atoms with van der Waals surface area (Å²) < 4.78 is 0. The molecule has 2 rings (SSSR count). The van der Waals surface area contributed by atoms with Crippen molar-refractivity contribution in [3.05, 3.63) is 34.9 Å². The molecule has 0 radical (unpaired) electrons. The monoisotopic (exact) mass is 234 g/mol. The number of nitrogens with two attached hydrogens (primary N) is 1. The summed E-state index contributed by atoms with van der Waals surface area (Å²) in [6, 6.07) is 7.70.